The molecule has 0 fully saturated rings. The number of aromatic nitrogens is 4. The van der Waals surface area contributed by atoms with Gasteiger partial charge in [-0.15, -0.1) is 0 Å². The molecule has 0 saturated carbocycles. The van der Waals surface area contributed by atoms with Gasteiger partial charge in [0, 0.05) is 25.4 Å². The summed E-state index contributed by atoms with van der Waals surface area (Å²) in [7, 11) is 2.86. The van der Waals surface area contributed by atoms with Gasteiger partial charge in [0.05, 0.1) is 5.97 Å². The highest BCUT2D eigenvalue weighted by Gasteiger charge is 2.18. The van der Waals surface area contributed by atoms with Gasteiger partial charge >= 0.3 is 5.69 Å². The van der Waals surface area contributed by atoms with Crippen molar-refractivity contribution in [2.75, 3.05) is 5.75 Å². The van der Waals surface area contributed by atoms with E-state index in [9.17, 15) is 19.5 Å². The monoisotopic (exact) mass is 371 g/mol. The first kappa shape index (κ1) is 17.9. The summed E-state index contributed by atoms with van der Waals surface area (Å²) >= 11 is 0.866. The van der Waals surface area contributed by atoms with E-state index in [0.717, 1.165) is 21.9 Å². The highest BCUT2D eigenvalue weighted by atomic mass is 32.2. The van der Waals surface area contributed by atoms with E-state index in [2.05, 4.69) is 9.97 Å². The number of nitrogens with zero attached hydrogens (tertiary/aromatic N) is 4. The van der Waals surface area contributed by atoms with E-state index in [0.29, 0.717) is 11.4 Å². The van der Waals surface area contributed by atoms with Crippen LogP contribution in [0.25, 0.3) is 22.4 Å². The van der Waals surface area contributed by atoms with Gasteiger partial charge in [-0.05, 0) is 6.92 Å². The SMILES string of the molecule is Cc1ccc(-c2nc(SCC(=O)[O-])c3c(=O)n(C)c(=O)n(C)c3n2)cc1. The van der Waals surface area contributed by atoms with Crippen LogP contribution in [0.3, 0.4) is 0 Å². The molecule has 1 aromatic carbocycles. The molecule has 0 unspecified atom stereocenters. The second-order valence-electron chi connectivity index (χ2n) is 5.78. The van der Waals surface area contributed by atoms with Gasteiger partial charge in [-0.1, -0.05) is 41.6 Å². The minimum Gasteiger partial charge on any atom is -0.549 e. The molecule has 3 rings (SSSR count). The molecule has 134 valence electrons. The van der Waals surface area contributed by atoms with Crippen LogP contribution in [0.2, 0.25) is 0 Å². The minimum absolute atomic E-state index is 0.108. The molecule has 0 amide bonds. The van der Waals surface area contributed by atoms with Gasteiger partial charge in [0.15, 0.2) is 11.5 Å². The Morgan fingerprint density at radius 2 is 1.77 bits per heavy atom. The highest BCUT2D eigenvalue weighted by Crippen LogP contribution is 2.25. The van der Waals surface area contributed by atoms with Crippen molar-refractivity contribution in [1.29, 1.82) is 0 Å². The number of rotatable bonds is 4. The van der Waals surface area contributed by atoms with Gasteiger partial charge in [-0.3, -0.25) is 13.9 Å². The molecule has 0 aliphatic heterocycles. The molecule has 2 heterocycles. The molecule has 3 aromatic rings. The predicted molar refractivity (Wildman–Crippen MR) is 95.9 cm³/mol. The molecule has 0 aliphatic rings. The first-order valence-electron chi connectivity index (χ1n) is 7.67. The van der Waals surface area contributed by atoms with Crippen LogP contribution in [0.5, 0.6) is 0 Å². The zero-order valence-electron chi connectivity index (χ0n) is 14.3. The maximum Gasteiger partial charge on any atom is 0.332 e. The average molecular weight is 371 g/mol. The van der Waals surface area contributed by atoms with Crippen molar-refractivity contribution < 1.29 is 9.90 Å². The van der Waals surface area contributed by atoms with Crippen LogP contribution in [0.15, 0.2) is 38.9 Å². The van der Waals surface area contributed by atoms with Crippen molar-refractivity contribution in [3.63, 3.8) is 0 Å². The lowest BCUT2D eigenvalue weighted by atomic mass is 10.1. The summed E-state index contributed by atoms with van der Waals surface area (Å²) in [6, 6.07) is 7.42. The molecule has 26 heavy (non-hydrogen) atoms. The van der Waals surface area contributed by atoms with Crippen LogP contribution in [-0.2, 0) is 18.9 Å². The number of benzene rings is 1. The van der Waals surface area contributed by atoms with Crippen LogP contribution in [0, 0.1) is 6.92 Å². The quantitative estimate of drug-likeness (QED) is 0.463. The van der Waals surface area contributed by atoms with E-state index in [1.807, 2.05) is 31.2 Å². The Kier molecular flexibility index (Phi) is 4.64. The maximum absolute atomic E-state index is 12.6. The molecule has 8 nitrogen and oxygen atoms in total. The van der Waals surface area contributed by atoms with Gasteiger partial charge in [0.25, 0.3) is 5.56 Å². The zero-order chi connectivity index (χ0) is 19.0. The Morgan fingerprint density at radius 1 is 1.12 bits per heavy atom. The zero-order valence-corrected chi connectivity index (χ0v) is 15.2. The molecule has 9 heteroatoms. The Labute approximate surface area is 152 Å². The van der Waals surface area contributed by atoms with Gasteiger partial charge < -0.3 is 9.90 Å². The molecule has 0 N–H and O–H groups in total. The number of fused-ring (bicyclic) bond motifs is 1. The smallest absolute Gasteiger partial charge is 0.332 e. The minimum atomic E-state index is -1.28. The lowest BCUT2D eigenvalue weighted by Gasteiger charge is -2.12. The molecule has 0 saturated heterocycles. The number of thioether (sulfide) groups is 1. The standard InChI is InChI=1S/C17H16N4O4S/c1-9-4-6-10(7-5-9)13-18-14-12(15(19-13)26-8-11(22)23)16(24)21(3)17(25)20(14)2/h4-7H,8H2,1-3H3,(H,22,23)/p-1. The molecule has 0 spiro atoms. The number of hydrogen-bond acceptors (Lipinski definition) is 7. The largest absolute Gasteiger partial charge is 0.549 e. The lowest BCUT2D eigenvalue weighted by Crippen LogP contribution is -2.37. The second kappa shape index (κ2) is 6.75. The van der Waals surface area contributed by atoms with Gasteiger partial charge in [-0.25, -0.2) is 14.8 Å². The number of carboxylic acids is 1. The molecule has 0 atom stereocenters. The summed E-state index contributed by atoms with van der Waals surface area (Å²) in [6.07, 6.45) is 0. The van der Waals surface area contributed by atoms with E-state index >= 15 is 0 Å². The summed E-state index contributed by atoms with van der Waals surface area (Å²) in [6.45, 7) is 1.94. The molecular weight excluding hydrogens is 356 g/mol. The molecule has 0 radical (unpaired) electrons. The number of hydrogen-bond donors (Lipinski definition) is 0. The molecule has 0 bridgehead atoms. The van der Waals surface area contributed by atoms with Crippen LogP contribution >= 0.6 is 11.8 Å². The fourth-order valence-corrected chi connectivity index (χ4v) is 3.22. The number of aryl methyl sites for hydroxylation is 2. The third kappa shape index (κ3) is 3.13. The summed E-state index contributed by atoms with van der Waals surface area (Å²) in [4.78, 5) is 44.4. The van der Waals surface area contributed by atoms with E-state index in [1.54, 1.807) is 0 Å². The van der Waals surface area contributed by atoms with Crippen molar-refractivity contribution in [1.82, 2.24) is 19.1 Å². The van der Waals surface area contributed by atoms with Crippen molar-refractivity contribution in [2.45, 2.75) is 11.9 Å². The number of carboxylic acid groups (broad SMARTS) is 1. The molecular formula is C17H15N4O4S-. The van der Waals surface area contributed by atoms with Gasteiger partial charge in [0.2, 0.25) is 0 Å². The van der Waals surface area contributed by atoms with Gasteiger partial charge in [0.1, 0.15) is 10.4 Å². The lowest BCUT2D eigenvalue weighted by molar-refractivity contribution is -0.301. The maximum atomic E-state index is 12.6. The average Bonchev–Trinajstić information content (AvgIpc) is 2.62. The summed E-state index contributed by atoms with van der Waals surface area (Å²) in [5.74, 6) is -1.34. The van der Waals surface area contributed by atoms with Crippen molar-refractivity contribution >= 4 is 28.8 Å². The van der Waals surface area contributed by atoms with Crippen molar-refractivity contribution in [2.24, 2.45) is 14.1 Å². The number of aliphatic carboxylic acids is 1. The van der Waals surface area contributed by atoms with Crippen LogP contribution in [-0.4, -0.2) is 30.8 Å². The number of carbonyl (C=O) groups is 1. The van der Waals surface area contributed by atoms with E-state index < -0.39 is 17.2 Å². The highest BCUT2D eigenvalue weighted by molar-refractivity contribution is 8.00. The predicted octanol–water partition coefficient (Wildman–Crippen LogP) is -0.155. The van der Waals surface area contributed by atoms with Crippen LogP contribution < -0.4 is 16.4 Å². The summed E-state index contributed by atoms with van der Waals surface area (Å²) in [5, 5.41) is 11.2. The summed E-state index contributed by atoms with van der Waals surface area (Å²) in [5.41, 5.74) is 0.819. The Hall–Kier alpha value is -2.94. The normalized spacial score (nSPS) is 11.0. The topological polar surface area (TPSA) is 110 Å². The third-order valence-corrected chi connectivity index (χ3v) is 4.85. The Morgan fingerprint density at radius 3 is 2.38 bits per heavy atom. The van der Waals surface area contributed by atoms with Crippen molar-refractivity contribution in [3.8, 4) is 11.4 Å². The fourth-order valence-electron chi connectivity index (χ4n) is 2.49. The molecule has 0 aliphatic carbocycles. The molecule has 2 aromatic heterocycles. The van der Waals surface area contributed by atoms with Crippen LogP contribution in [0.1, 0.15) is 5.56 Å². The Balaban J connectivity index is 2.35. The number of carbonyl (C=O) groups excluding carboxylic acids is 1. The van der Waals surface area contributed by atoms with E-state index in [1.165, 1.54) is 18.7 Å². The summed E-state index contributed by atoms with van der Waals surface area (Å²) < 4.78 is 2.19. The third-order valence-electron chi connectivity index (χ3n) is 3.90. The first-order chi connectivity index (χ1) is 12.3. The Bertz CT molecular complexity index is 1130. The van der Waals surface area contributed by atoms with Gasteiger partial charge in [-0.2, -0.15) is 0 Å². The first-order valence-corrected chi connectivity index (χ1v) is 8.65. The van der Waals surface area contributed by atoms with Crippen molar-refractivity contribution in [3.05, 3.63) is 50.7 Å². The van der Waals surface area contributed by atoms with E-state index in [4.69, 9.17) is 0 Å². The second-order valence-corrected chi connectivity index (χ2v) is 6.75. The van der Waals surface area contributed by atoms with Crippen LogP contribution in [0.4, 0.5) is 0 Å². The fraction of sp³-hybridized carbons (Fsp3) is 0.235. The van der Waals surface area contributed by atoms with E-state index in [-0.39, 0.29) is 21.8 Å².